The second kappa shape index (κ2) is 6.02. The number of hydrogen-bond acceptors (Lipinski definition) is 2. The van der Waals surface area contributed by atoms with Gasteiger partial charge in [-0.1, -0.05) is 40.2 Å². The molecule has 0 unspecified atom stereocenters. The zero-order valence-electron chi connectivity index (χ0n) is 10.9. The number of halogens is 1. The number of benzene rings is 2. The van der Waals surface area contributed by atoms with Gasteiger partial charge in [-0.2, -0.15) is 0 Å². The minimum atomic E-state index is 0.000388. The van der Waals surface area contributed by atoms with Crippen molar-refractivity contribution in [3.05, 3.63) is 63.6 Å². The average molecular weight is 319 g/mol. The Morgan fingerprint density at radius 1 is 1.11 bits per heavy atom. The van der Waals surface area contributed by atoms with Crippen molar-refractivity contribution in [2.75, 3.05) is 6.61 Å². The van der Waals surface area contributed by atoms with E-state index in [1.807, 2.05) is 56.3 Å². The molecule has 0 radical (unpaired) electrons. The summed E-state index contributed by atoms with van der Waals surface area (Å²) in [6.45, 7) is 3.95. The maximum Gasteiger partial charge on any atom is 0.200 e. The van der Waals surface area contributed by atoms with Crippen LogP contribution < -0.4 is 4.74 Å². The molecule has 2 nitrogen and oxygen atoms in total. The summed E-state index contributed by atoms with van der Waals surface area (Å²) in [6, 6.07) is 13.3. The lowest BCUT2D eigenvalue weighted by atomic mass is 10.1. The van der Waals surface area contributed by atoms with Gasteiger partial charge < -0.3 is 4.74 Å². The van der Waals surface area contributed by atoms with Gasteiger partial charge in [0.05, 0.1) is 0 Å². The SMILES string of the molecule is Cc1cc(Br)ccc1OCC(=O)c1ccccc1C. The minimum absolute atomic E-state index is 0.000388. The largest absolute Gasteiger partial charge is 0.485 e. The fourth-order valence-corrected chi connectivity index (χ4v) is 2.36. The summed E-state index contributed by atoms with van der Waals surface area (Å²) < 4.78 is 6.59. The van der Waals surface area contributed by atoms with Crippen LogP contribution in [0.5, 0.6) is 5.75 Å². The van der Waals surface area contributed by atoms with Crippen LogP contribution in [0.25, 0.3) is 0 Å². The van der Waals surface area contributed by atoms with Gasteiger partial charge in [-0.25, -0.2) is 0 Å². The van der Waals surface area contributed by atoms with Crippen LogP contribution in [0.2, 0.25) is 0 Å². The van der Waals surface area contributed by atoms with Gasteiger partial charge in [-0.05, 0) is 43.2 Å². The Hall–Kier alpha value is -1.61. The van der Waals surface area contributed by atoms with E-state index in [4.69, 9.17) is 4.74 Å². The lowest BCUT2D eigenvalue weighted by molar-refractivity contribution is 0.0920. The van der Waals surface area contributed by atoms with Crippen molar-refractivity contribution < 1.29 is 9.53 Å². The molecule has 2 aromatic carbocycles. The van der Waals surface area contributed by atoms with Crippen LogP contribution in [-0.4, -0.2) is 12.4 Å². The molecule has 0 bridgehead atoms. The van der Waals surface area contributed by atoms with E-state index in [0.717, 1.165) is 26.9 Å². The Morgan fingerprint density at radius 3 is 2.53 bits per heavy atom. The summed E-state index contributed by atoms with van der Waals surface area (Å²) in [4.78, 5) is 12.1. The Labute approximate surface area is 121 Å². The first kappa shape index (κ1) is 13.8. The Kier molecular flexibility index (Phi) is 4.38. The van der Waals surface area contributed by atoms with Crippen LogP contribution in [0.15, 0.2) is 46.9 Å². The summed E-state index contributed by atoms with van der Waals surface area (Å²) in [5.74, 6) is 0.741. The van der Waals surface area contributed by atoms with Crippen molar-refractivity contribution in [3.63, 3.8) is 0 Å². The van der Waals surface area contributed by atoms with Crippen molar-refractivity contribution in [1.29, 1.82) is 0 Å². The molecule has 0 N–H and O–H groups in total. The van der Waals surface area contributed by atoms with Crippen LogP contribution in [0.3, 0.4) is 0 Å². The van der Waals surface area contributed by atoms with Gasteiger partial charge in [0.25, 0.3) is 0 Å². The van der Waals surface area contributed by atoms with Gasteiger partial charge in [0.15, 0.2) is 12.4 Å². The van der Waals surface area contributed by atoms with Gasteiger partial charge in [0, 0.05) is 10.0 Å². The van der Waals surface area contributed by atoms with Crippen molar-refractivity contribution in [2.45, 2.75) is 13.8 Å². The number of carbonyl (C=O) groups is 1. The number of aryl methyl sites for hydroxylation is 2. The van der Waals surface area contributed by atoms with Crippen LogP contribution >= 0.6 is 15.9 Å². The quantitative estimate of drug-likeness (QED) is 0.784. The number of ketones is 1. The number of ether oxygens (including phenoxy) is 1. The molecule has 0 fully saturated rings. The van der Waals surface area contributed by atoms with Crippen molar-refractivity contribution >= 4 is 21.7 Å². The molecule has 0 spiro atoms. The number of hydrogen-bond donors (Lipinski definition) is 0. The molecule has 98 valence electrons. The predicted molar refractivity (Wildman–Crippen MR) is 79.9 cm³/mol. The Balaban J connectivity index is 2.07. The summed E-state index contributed by atoms with van der Waals surface area (Å²) in [6.07, 6.45) is 0. The summed E-state index contributed by atoms with van der Waals surface area (Å²) in [7, 11) is 0. The molecule has 0 heterocycles. The molecule has 0 saturated heterocycles. The number of rotatable bonds is 4. The highest BCUT2D eigenvalue weighted by Crippen LogP contribution is 2.22. The second-order valence-corrected chi connectivity index (χ2v) is 5.35. The molecule has 0 amide bonds. The first-order chi connectivity index (χ1) is 9.08. The van der Waals surface area contributed by atoms with E-state index in [2.05, 4.69) is 15.9 Å². The number of Topliss-reactive ketones (excluding diaryl/α,β-unsaturated/α-hetero) is 1. The molecule has 19 heavy (non-hydrogen) atoms. The van der Waals surface area contributed by atoms with Gasteiger partial charge in [0.1, 0.15) is 5.75 Å². The van der Waals surface area contributed by atoms with E-state index in [0.29, 0.717) is 0 Å². The van der Waals surface area contributed by atoms with E-state index < -0.39 is 0 Å². The van der Waals surface area contributed by atoms with Crippen molar-refractivity contribution in [1.82, 2.24) is 0 Å². The van der Waals surface area contributed by atoms with Crippen LogP contribution in [0.1, 0.15) is 21.5 Å². The second-order valence-electron chi connectivity index (χ2n) is 4.44. The Bertz CT molecular complexity index is 605. The topological polar surface area (TPSA) is 26.3 Å². The molecular formula is C16H15BrO2. The van der Waals surface area contributed by atoms with E-state index in [9.17, 15) is 4.79 Å². The molecular weight excluding hydrogens is 304 g/mol. The molecule has 0 saturated carbocycles. The molecule has 3 heteroatoms. The lowest BCUT2D eigenvalue weighted by Crippen LogP contribution is -2.13. The van der Waals surface area contributed by atoms with Gasteiger partial charge in [-0.15, -0.1) is 0 Å². The van der Waals surface area contributed by atoms with Crippen molar-refractivity contribution in [2.24, 2.45) is 0 Å². The van der Waals surface area contributed by atoms with Gasteiger partial charge in [0.2, 0.25) is 0 Å². The van der Waals surface area contributed by atoms with Gasteiger partial charge >= 0.3 is 0 Å². The molecule has 0 aliphatic heterocycles. The number of carbonyl (C=O) groups excluding carboxylic acids is 1. The van der Waals surface area contributed by atoms with Crippen molar-refractivity contribution in [3.8, 4) is 5.75 Å². The third-order valence-corrected chi connectivity index (χ3v) is 3.43. The fourth-order valence-electron chi connectivity index (χ4n) is 1.88. The first-order valence-electron chi connectivity index (χ1n) is 6.05. The fraction of sp³-hybridized carbons (Fsp3) is 0.188. The monoisotopic (exact) mass is 318 g/mol. The molecule has 2 aromatic rings. The highest BCUT2D eigenvalue weighted by Gasteiger charge is 2.10. The molecule has 0 aliphatic carbocycles. The summed E-state index contributed by atoms with van der Waals surface area (Å²) in [5.41, 5.74) is 2.70. The third kappa shape index (κ3) is 3.44. The van der Waals surface area contributed by atoms with Crippen LogP contribution in [0, 0.1) is 13.8 Å². The van der Waals surface area contributed by atoms with Crippen LogP contribution in [0.4, 0.5) is 0 Å². The molecule has 2 rings (SSSR count). The normalized spacial score (nSPS) is 10.3. The van der Waals surface area contributed by atoms with E-state index in [-0.39, 0.29) is 12.4 Å². The average Bonchev–Trinajstić information content (AvgIpc) is 2.38. The van der Waals surface area contributed by atoms with E-state index in [1.54, 1.807) is 0 Å². The Morgan fingerprint density at radius 2 is 1.84 bits per heavy atom. The summed E-state index contributed by atoms with van der Waals surface area (Å²) in [5, 5.41) is 0. The van der Waals surface area contributed by atoms with E-state index >= 15 is 0 Å². The molecule has 0 atom stereocenters. The standard InChI is InChI=1S/C16H15BrO2/c1-11-5-3-4-6-14(11)15(18)10-19-16-8-7-13(17)9-12(16)2/h3-9H,10H2,1-2H3. The first-order valence-corrected chi connectivity index (χ1v) is 6.85. The highest BCUT2D eigenvalue weighted by atomic mass is 79.9. The van der Waals surface area contributed by atoms with Gasteiger partial charge in [-0.3, -0.25) is 4.79 Å². The minimum Gasteiger partial charge on any atom is -0.485 e. The molecule has 0 aromatic heterocycles. The van der Waals surface area contributed by atoms with E-state index in [1.165, 1.54) is 0 Å². The highest BCUT2D eigenvalue weighted by molar-refractivity contribution is 9.10. The molecule has 0 aliphatic rings. The summed E-state index contributed by atoms with van der Waals surface area (Å²) >= 11 is 3.40. The smallest absolute Gasteiger partial charge is 0.200 e. The maximum absolute atomic E-state index is 12.1. The zero-order valence-corrected chi connectivity index (χ0v) is 12.5. The maximum atomic E-state index is 12.1. The van der Waals surface area contributed by atoms with Crippen LogP contribution in [-0.2, 0) is 0 Å². The lowest BCUT2D eigenvalue weighted by Gasteiger charge is -2.09. The third-order valence-electron chi connectivity index (χ3n) is 2.94. The predicted octanol–water partition coefficient (Wildman–Crippen LogP) is 4.33. The zero-order chi connectivity index (χ0) is 13.8.